The number of nitrogens with zero attached hydrogens (tertiary/aromatic N) is 2. The number of amides is 1. The maximum Gasteiger partial charge on any atom is 0.255 e. The summed E-state index contributed by atoms with van der Waals surface area (Å²) in [6.45, 7) is 1.42. The Balaban J connectivity index is 1.86. The lowest BCUT2D eigenvalue weighted by Crippen LogP contribution is -2.29. The first kappa shape index (κ1) is 20.3. The average molecular weight is 472 g/mol. The highest BCUT2D eigenvalue weighted by atomic mass is 79.9. The first-order valence-electron chi connectivity index (χ1n) is 8.58. The molecule has 3 rings (SSSR count). The predicted molar refractivity (Wildman–Crippen MR) is 109 cm³/mol. The van der Waals surface area contributed by atoms with Gasteiger partial charge in [0, 0.05) is 36.2 Å². The Morgan fingerprint density at radius 1 is 1.19 bits per heavy atom. The van der Waals surface area contributed by atoms with Gasteiger partial charge in [-0.3, -0.25) is 4.79 Å². The van der Waals surface area contributed by atoms with Gasteiger partial charge < -0.3 is 4.90 Å². The van der Waals surface area contributed by atoms with Gasteiger partial charge in [0.25, 0.3) is 5.91 Å². The van der Waals surface area contributed by atoms with Gasteiger partial charge in [0.2, 0.25) is 10.0 Å². The van der Waals surface area contributed by atoms with Crippen molar-refractivity contribution in [3.63, 3.8) is 0 Å². The van der Waals surface area contributed by atoms with Gasteiger partial charge in [-0.1, -0.05) is 23.7 Å². The molecule has 1 heterocycles. The highest BCUT2D eigenvalue weighted by Crippen LogP contribution is 2.26. The summed E-state index contributed by atoms with van der Waals surface area (Å²) in [4.78, 5) is 14.6. The molecule has 5 nitrogen and oxygen atoms in total. The van der Waals surface area contributed by atoms with E-state index in [1.165, 1.54) is 21.3 Å². The van der Waals surface area contributed by atoms with Gasteiger partial charge >= 0.3 is 0 Å². The summed E-state index contributed by atoms with van der Waals surface area (Å²) >= 11 is 9.37. The maximum absolute atomic E-state index is 12.9. The van der Waals surface area contributed by atoms with Crippen LogP contribution in [0.15, 0.2) is 51.8 Å². The van der Waals surface area contributed by atoms with Crippen LogP contribution >= 0.6 is 27.5 Å². The number of carbonyl (C=O) groups is 1. The zero-order valence-corrected chi connectivity index (χ0v) is 18.0. The number of halogens is 2. The highest BCUT2D eigenvalue weighted by molar-refractivity contribution is 9.10. The molecular weight excluding hydrogens is 452 g/mol. The third-order valence-electron chi connectivity index (χ3n) is 4.53. The van der Waals surface area contributed by atoms with E-state index in [1.54, 1.807) is 25.2 Å². The largest absolute Gasteiger partial charge is 0.337 e. The van der Waals surface area contributed by atoms with Crippen molar-refractivity contribution in [2.45, 2.75) is 24.3 Å². The van der Waals surface area contributed by atoms with Crippen molar-refractivity contribution in [2.75, 3.05) is 20.1 Å². The van der Waals surface area contributed by atoms with Crippen LogP contribution in [0.5, 0.6) is 0 Å². The fraction of sp³-hybridized carbons (Fsp3) is 0.316. The van der Waals surface area contributed by atoms with E-state index >= 15 is 0 Å². The molecule has 0 atom stereocenters. The molecule has 0 radical (unpaired) electrons. The minimum Gasteiger partial charge on any atom is -0.337 e. The zero-order chi connectivity index (χ0) is 19.6. The van der Waals surface area contributed by atoms with Crippen LogP contribution in [0.2, 0.25) is 5.02 Å². The smallest absolute Gasteiger partial charge is 0.255 e. The number of sulfonamides is 1. The number of benzene rings is 2. The van der Waals surface area contributed by atoms with Crippen molar-refractivity contribution in [1.29, 1.82) is 0 Å². The number of hydrogen-bond acceptors (Lipinski definition) is 3. The minimum atomic E-state index is -3.58. The van der Waals surface area contributed by atoms with Crippen LogP contribution in [0.3, 0.4) is 0 Å². The van der Waals surface area contributed by atoms with Crippen LogP contribution in [0.4, 0.5) is 0 Å². The molecule has 0 N–H and O–H groups in total. The van der Waals surface area contributed by atoms with Crippen molar-refractivity contribution < 1.29 is 13.2 Å². The van der Waals surface area contributed by atoms with Gasteiger partial charge in [-0.05, 0) is 64.7 Å². The highest BCUT2D eigenvalue weighted by Gasteiger charge is 2.28. The van der Waals surface area contributed by atoms with Crippen LogP contribution in [0.25, 0.3) is 0 Å². The van der Waals surface area contributed by atoms with E-state index in [0.29, 0.717) is 34.7 Å². The quantitative estimate of drug-likeness (QED) is 0.658. The van der Waals surface area contributed by atoms with Gasteiger partial charge in [0.1, 0.15) is 0 Å². The second-order valence-electron chi connectivity index (χ2n) is 6.54. The predicted octanol–water partition coefficient (Wildman–Crippen LogP) is 4.16. The fourth-order valence-corrected chi connectivity index (χ4v) is 5.27. The van der Waals surface area contributed by atoms with Crippen molar-refractivity contribution in [3.05, 3.63) is 63.1 Å². The van der Waals surface area contributed by atoms with E-state index in [4.69, 9.17) is 11.6 Å². The molecule has 1 saturated heterocycles. The van der Waals surface area contributed by atoms with Crippen molar-refractivity contribution >= 4 is 43.5 Å². The van der Waals surface area contributed by atoms with Crippen LogP contribution in [0.1, 0.15) is 28.8 Å². The summed E-state index contributed by atoms with van der Waals surface area (Å²) in [6.07, 6.45) is 1.73. The van der Waals surface area contributed by atoms with Crippen LogP contribution in [0, 0.1) is 0 Å². The fourth-order valence-electron chi connectivity index (χ4n) is 3.09. The molecule has 0 unspecified atom stereocenters. The van der Waals surface area contributed by atoms with E-state index in [0.717, 1.165) is 18.4 Å². The first-order valence-corrected chi connectivity index (χ1v) is 11.2. The summed E-state index contributed by atoms with van der Waals surface area (Å²) in [5.74, 6) is -0.264. The summed E-state index contributed by atoms with van der Waals surface area (Å²) in [5, 5.41) is 0.605. The summed E-state index contributed by atoms with van der Waals surface area (Å²) < 4.78 is 27.6. The van der Waals surface area contributed by atoms with Crippen LogP contribution in [-0.2, 0) is 16.6 Å². The van der Waals surface area contributed by atoms with Gasteiger partial charge in [-0.2, -0.15) is 4.31 Å². The Kier molecular flexibility index (Phi) is 6.25. The molecule has 27 heavy (non-hydrogen) atoms. The normalized spacial score (nSPS) is 15.1. The van der Waals surface area contributed by atoms with Crippen molar-refractivity contribution in [1.82, 2.24) is 9.21 Å². The molecular formula is C19H20BrClN2O3S. The molecule has 0 aromatic heterocycles. The van der Waals surface area contributed by atoms with Crippen LogP contribution < -0.4 is 0 Å². The number of rotatable bonds is 5. The summed E-state index contributed by atoms with van der Waals surface area (Å²) in [7, 11) is -1.90. The maximum atomic E-state index is 12.9. The molecule has 0 spiro atoms. The molecule has 1 aliphatic heterocycles. The molecule has 0 bridgehead atoms. The second kappa shape index (κ2) is 8.31. The molecule has 2 aromatic rings. The average Bonchev–Trinajstić information content (AvgIpc) is 3.17. The molecule has 1 fully saturated rings. The molecule has 144 valence electrons. The molecule has 1 aliphatic rings. The Morgan fingerprint density at radius 3 is 2.56 bits per heavy atom. The molecule has 2 aromatic carbocycles. The third-order valence-corrected chi connectivity index (χ3v) is 7.35. The van der Waals surface area contributed by atoms with Gasteiger partial charge in [0.15, 0.2) is 0 Å². The lowest BCUT2D eigenvalue weighted by molar-refractivity contribution is 0.0784. The minimum absolute atomic E-state index is 0.145. The lowest BCUT2D eigenvalue weighted by atomic mass is 10.1. The standard InChI is InChI=1S/C19H20BrClN2O3S/c1-22(13-14-5-4-6-15(21)11-14)19(24)17-12-16(7-8-18(17)20)27(25,26)23-9-2-3-10-23/h4-8,11-12H,2-3,9-10,13H2,1H3. The number of carbonyl (C=O) groups excluding carboxylic acids is 1. The lowest BCUT2D eigenvalue weighted by Gasteiger charge is -2.20. The van der Waals surface area contributed by atoms with Crippen molar-refractivity contribution in [2.24, 2.45) is 0 Å². The van der Waals surface area contributed by atoms with E-state index in [-0.39, 0.29) is 10.8 Å². The van der Waals surface area contributed by atoms with Gasteiger partial charge in [-0.15, -0.1) is 0 Å². The van der Waals surface area contributed by atoms with Gasteiger partial charge in [-0.25, -0.2) is 8.42 Å². The topological polar surface area (TPSA) is 57.7 Å². The van der Waals surface area contributed by atoms with Gasteiger partial charge in [0.05, 0.1) is 10.5 Å². The van der Waals surface area contributed by atoms with Crippen LogP contribution in [-0.4, -0.2) is 43.7 Å². The second-order valence-corrected chi connectivity index (χ2v) is 9.77. The molecule has 0 saturated carbocycles. The van der Waals surface area contributed by atoms with Crippen molar-refractivity contribution in [3.8, 4) is 0 Å². The Bertz CT molecular complexity index is 959. The molecule has 1 amide bonds. The zero-order valence-electron chi connectivity index (χ0n) is 14.9. The van der Waals surface area contributed by atoms with E-state index in [2.05, 4.69) is 15.9 Å². The Morgan fingerprint density at radius 2 is 1.89 bits per heavy atom. The van der Waals surface area contributed by atoms with E-state index in [1.807, 2.05) is 12.1 Å². The van der Waals surface area contributed by atoms with E-state index in [9.17, 15) is 13.2 Å². The SMILES string of the molecule is CN(Cc1cccc(Cl)c1)C(=O)c1cc(S(=O)(=O)N2CCCC2)ccc1Br. The summed E-state index contributed by atoms with van der Waals surface area (Å²) in [6, 6.07) is 11.9. The Labute approximate surface area is 173 Å². The number of hydrogen-bond donors (Lipinski definition) is 0. The molecule has 8 heteroatoms. The van der Waals surface area contributed by atoms with E-state index < -0.39 is 10.0 Å². The Hall–Kier alpha value is -1.41. The monoisotopic (exact) mass is 470 g/mol. The third kappa shape index (κ3) is 4.54. The molecule has 0 aliphatic carbocycles. The first-order chi connectivity index (χ1) is 12.8. The summed E-state index contributed by atoms with van der Waals surface area (Å²) in [5.41, 5.74) is 1.22.